The Balaban J connectivity index is 2.60. The van der Waals surface area contributed by atoms with Crippen molar-refractivity contribution in [2.75, 3.05) is 0 Å². The molecule has 4 nitrogen and oxygen atoms in total. The third-order valence-electron chi connectivity index (χ3n) is 2.35. The van der Waals surface area contributed by atoms with E-state index in [1.165, 1.54) is 6.08 Å². The summed E-state index contributed by atoms with van der Waals surface area (Å²) in [7, 11) is 0. The SMILES string of the molecule is O=CC1OC(O)=Cc2c(CO)cccc21. The molecule has 4 heteroatoms. The van der Waals surface area contributed by atoms with Gasteiger partial charge in [0, 0.05) is 11.6 Å². The minimum atomic E-state index is -0.795. The predicted molar refractivity (Wildman–Crippen MR) is 52.9 cm³/mol. The van der Waals surface area contributed by atoms with Gasteiger partial charge in [-0.25, -0.2) is 0 Å². The van der Waals surface area contributed by atoms with Crippen LogP contribution in [-0.4, -0.2) is 16.5 Å². The second-order valence-electron chi connectivity index (χ2n) is 3.24. The van der Waals surface area contributed by atoms with Gasteiger partial charge in [0.25, 0.3) is 5.95 Å². The van der Waals surface area contributed by atoms with Crippen LogP contribution in [0.3, 0.4) is 0 Å². The number of carbonyl (C=O) groups excluding carboxylic acids is 1. The zero-order valence-corrected chi connectivity index (χ0v) is 7.88. The zero-order chi connectivity index (χ0) is 10.8. The van der Waals surface area contributed by atoms with Gasteiger partial charge in [-0.2, -0.15) is 0 Å². The Morgan fingerprint density at radius 1 is 1.47 bits per heavy atom. The van der Waals surface area contributed by atoms with Crippen LogP contribution in [-0.2, 0) is 16.1 Å². The van der Waals surface area contributed by atoms with Crippen LogP contribution >= 0.6 is 0 Å². The number of hydrogen-bond donors (Lipinski definition) is 2. The quantitative estimate of drug-likeness (QED) is 0.716. The Labute approximate surface area is 86.4 Å². The van der Waals surface area contributed by atoms with E-state index >= 15 is 0 Å². The van der Waals surface area contributed by atoms with E-state index in [0.29, 0.717) is 23.0 Å². The van der Waals surface area contributed by atoms with Gasteiger partial charge in [-0.15, -0.1) is 0 Å². The lowest BCUT2D eigenvalue weighted by atomic mass is 9.96. The first kappa shape index (κ1) is 9.73. The normalized spacial score (nSPS) is 18.7. The number of aldehydes is 1. The standard InChI is InChI=1S/C11H10O4/c12-5-7-2-1-3-8-9(7)4-11(14)15-10(8)6-13/h1-4,6,10,12,14H,5H2. The van der Waals surface area contributed by atoms with Gasteiger partial charge in [0.2, 0.25) is 0 Å². The fourth-order valence-electron chi connectivity index (χ4n) is 1.65. The first-order valence-corrected chi connectivity index (χ1v) is 4.51. The lowest BCUT2D eigenvalue weighted by Gasteiger charge is -2.21. The number of benzene rings is 1. The molecule has 1 aromatic rings. The van der Waals surface area contributed by atoms with Gasteiger partial charge in [-0.3, -0.25) is 4.79 Å². The molecule has 2 N–H and O–H groups in total. The molecule has 0 spiro atoms. The summed E-state index contributed by atoms with van der Waals surface area (Å²) in [5.74, 6) is -0.305. The second kappa shape index (κ2) is 3.74. The molecule has 0 aromatic heterocycles. The summed E-state index contributed by atoms with van der Waals surface area (Å²) in [6.45, 7) is -0.140. The fourth-order valence-corrected chi connectivity index (χ4v) is 1.65. The Hall–Kier alpha value is -1.81. The highest BCUT2D eigenvalue weighted by molar-refractivity contribution is 5.70. The van der Waals surface area contributed by atoms with Crippen LogP contribution < -0.4 is 0 Å². The van der Waals surface area contributed by atoms with Crippen LogP contribution in [0.4, 0.5) is 0 Å². The molecule has 2 rings (SSSR count). The summed E-state index contributed by atoms with van der Waals surface area (Å²) in [6.07, 6.45) is 1.22. The molecule has 15 heavy (non-hydrogen) atoms. The Morgan fingerprint density at radius 2 is 2.27 bits per heavy atom. The van der Waals surface area contributed by atoms with E-state index in [9.17, 15) is 9.90 Å². The summed E-state index contributed by atoms with van der Waals surface area (Å²) in [5, 5.41) is 18.4. The Bertz CT molecular complexity index is 423. The number of ether oxygens (including phenoxy) is 1. The van der Waals surface area contributed by atoms with Gasteiger partial charge in [-0.1, -0.05) is 18.2 Å². The Kier molecular flexibility index (Phi) is 2.43. The van der Waals surface area contributed by atoms with Crippen molar-refractivity contribution < 1.29 is 19.7 Å². The topological polar surface area (TPSA) is 66.8 Å². The molecule has 1 unspecified atom stereocenters. The van der Waals surface area contributed by atoms with Crippen LogP contribution in [0.15, 0.2) is 24.1 Å². The van der Waals surface area contributed by atoms with Crippen molar-refractivity contribution in [3.63, 3.8) is 0 Å². The summed E-state index contributed by atoms with van der Waals surface area (Å²) in [5.41, 5.74) is 1.98. The average molecular weight is 206 g/mol. The van der Waals surface area contributed by atoms with E-state index in [2.05, 4.69) is 0 Å². The molecule has 0 bridgehead atoms. The molecule has 1 atom stereocenters. The highest BCUT2D eigenvalue weighted by atomic mass is 16.6. The molecule has 0 saturated carbocycles. The molecule has 0 saturated heterocycles. The summed E-state index contributed by atoms with van der Waals surface area (Å²) < 4.78 is 4.93. The maximum Gasteiger partial charge on any atom is 0.278 e. The lowest BCUT2D eigenvalue weighted by Crippen LogP contribution is -2.13. The van der Waals surface area contributed by atoms with Crippen molar-refractivity contribution in [2.24, 2.45) is 0 Å². The largest absolute Gasteiger partial charge is 0.481 e. The number of hydrogen-bond acceptors (Lipinski definition) is 4. The van der Waals surface area contributed by atoms with Gasteiger partial charge in [-0.05, 0) is 11.1 Å². The first-order valence-electron chi connectivity index (χ1n) is 4.51. The van der Waals surface area contributed by atoms with Gasteiger partial charge in [0.05, 0.1) is 6.61 Å². The molecule has 1 heterocycles. The first-order chi connectivity index (χ1) is 7.26. The highest BCUT2D eigenvalue weighted by Gasteiger charge is 2.23. The zero-order valence-electron chi connectivity index (χ0n) is 7.88. The van der Waals surface area contributed by atoms with E-state index in [-0.39, 0.29) is 12.6 Å². The molecular formula is C11H10O4. The monoisotopic (exact) mass is 206 g/mol. The van der Waals surface area contributed by atoms with Gasteiger partial charge in [0.15, 0.2) is 12.4 Å². The third-order valence-corrected chi connectivity index (χ3v) is 2.35. The number of rotatable bonds is 2. The van der Waals surface area contributed by atoms with Crippen LogP contribution in [0, 0.1) is 0 Å². The summed E-state index contributed by atoms with van der Waals surface area (Å²) >= 11 is 0. The van der Waals surface area contributed by atoms with Crippen molar-refractivity contribution >= 4 is 12.4 Å². The van der Waals surface area contributed by atoms with E-state index < -0.39 is 6.10 Å². The smallest absolute Gasteiger partial charge is 0.278 e. The van der Waals surface area contributed by atoms with Crippen molar-refractivity contribution in [1.82, 2.24) is 0 Å². The van der Waals surface area contributed by atoms with E-state index in [1.54, 1.807) is 18.2 Å². The minimum Gasteiger partial charge on any atom is -0.481 e. The maximum absolute atomic E-state index is 10.7. The van der Waals surface area contributed by atoms with E-state index in [0.717, 1.165) is 0 Å². The van der Waals surface area contributed by atoms with Crippen LogP contribution in [0.25, 0.3) is 6.08 Å². The molecule has 0 fully saturated rings. The number of aliphatic hydroxyl groups excluding tert-OH is 2. The highest BCUT2D eigenvalue weighted by Crippen LogP contribution is 2.31. The minimum absolute atomic E-state index is 0.140. The molecule has 0 radical (unpaired) electrons. The number of carbonyl (C=O) groups is 1. The fraction of sp³-hybridized carbons (Fsp3) is 0.182. The number of aliphatic hydroxyl groups is 2. The van der Waals surface area contributed by atoms with Crippen LogP contribution in [0.5, 0.6) is 0 Å². The molecule has 1 aromatic carbocycles. The molecule has 1 aliphatic heterocycles. The van der Waals surface area contributed by atoms with E-state index in [4.69, 9.17) is 9.84 Å². The average Bonchev–Trinajstić information content (AvgIpc) is 2.27. The third kappa shape index (κ3) is 1.59. The van der Waals surface area contributed by atoms with Crippen molar-refractivity contribution in [3.05, 3.63) is 40.8 Å². The Morgan fingerprint density at radius 3 is 2.93 bits per heavy atom. The molecule has 0 aliphatic carbocycles. The van der Waals surface area contributed by atoms with E-state index in [1.807, 2.05) is 0 Å². The number of fused-ring (bicyclic) bond motifs is 1. The second-order valence-corrected chi connectivity index (χ2v) is 3.24. The van der Waals surface area contributed by atoms with Crippen LogP contribution in [0.2, 0.25) is 0 Å². The maximum atomic E-state index is 10.7. The van der Waals surface area contributed by atoms with Gasteiger partial charge < -0.3 is 14.9 Å². The molecular weight excluding hydrogens is 196 g/mol. The summed E-state index contributed by atoms with van der Waals surface area (Å²) in [6, 6.07) is 5.20. The molecule has 0 amide bonds. The lowest BCUT2D eigenvalue weighted by molar-refractivity contribution is -0.118. The summed E-state index contributed by atoms with van der Waals surface area (Å²) in [4.78, 5) is 10.7. The molecule has 1 aliphatic rings. The van der Waals surface area contributed by atoms with Crippen LogP contribution in [0.1, 0.15) is 22.8 Å². The van der Waals surface area contributed by atoms with Gasteiger partial charge >= 0.3 is 0 Å². The van der Waals surface area contributed by atoms with Crippen molar-refractivity contribution in [2.45, 2.75) is 12.7 Å². The van der Waals surface area contributed by atoms with Crippen molar-refractivity contribution in [3.8, 4) is 0 Å². The molecule has 78 valence electrons. The predicted octanol–water partition coefficient (Wildman–Crippen LogP) is 1.31. The van der Waals surface area contributed by atoms with Gasteiger partial charge in [0.1, 0.15) is 0 Å². The van der Waals surface area contributed by atoms with Crippen molar-refractivity contribution in [1.29, 1.82) is 0 Å².